The number of halogens is 1. The Labute approximate surface area is 192 Å². The number of aromatic nitrogens is 2. The van der Waals surface area contributed by atoms with Crippen molar-refractivity contribution in [2.75, 3.05) is 29.5 Å². The monoisotopic (exact) mass is 470 g/mol. The molecule has 3 aromatic rings. The minimum absolute atomic E-state index is 0.0328. The van der Waals surface area contributed by atoms with Crippen LogP contribution in [0.4, 0.5) is 10.1 Å². The number of hydrogen-bond donors (Lipinski definition) is 1. The zero-order chi connectivity index (χ0) is 23.2. The number of benzene rings is 1. The molecular weight excluding hydrogens is 443 g/mol. The second-order valence-corrected chi connectivity index (χ2v) is 11.3. The van der Waals surface area contributed by atoms with Gasteiger partial charge in [0.25, 0.3) is 5.91 Å². The van der Waals surface area contributed by atoms with Crippen molar-refractivity contribution in [3.8, 4) is 0 Å². The van der Waals surface area contributed by atoms with E-state index in [1.807, 2.05) is 13.1 Å². The van der Waals surface area contributed by atoms with Crippen molar-refractivity contribution in [3.05, 3.63) is 64.9 Å². The summed E-state index contributed by atoms with van der Waals surface area (Å²) in [5, 5.41) is 2.87. The number of nitrogens with one attached hydrogen (secondary N) is 1. The first kappa shape index (κ1) is 21.9. The zero-order valence-corrected chi connectivity index (χ0v) is 19.4. The van der Waals surface area contributed by atoms with Crippen LogP contribution < -0.4 is 10.2 Å². The fourth-order valence-electron chi connectivity index (χ4n) is 4.58. The molecule has 1 saturated carbocycles. The maximum absolute atomic E-state index is 14.7. The van der Waals surface area contributed by atoms with Crippen molar-refractivity contribution >= 4 is 27.1 Å². The largest absolute Gasteiger partial charge is 0.367 e. The number of rotatable bonds is 5. The minimum Gasteiger partial charge on any atom is -0.367 e. The van der Waals surface area contributed by atoms with Gasteiger partial charge in [-0.3, -0.25) is 9.20 Å². The van der Waals surface area contributed by atoms with E-state index in [-0.39, 0.29) is 37.0 Å². The fourth-order valence-corrected chi connectivity index (χ4v) is 5.78. The molecule has 5 rings (SSSR count). The number of carbonyl (C=O) groups excluding carboxylic acids is 1. The van der Waals surface area contributed by atoms with E-state index in [1.165, 1.54) is 30.9 Å². The van der Waals surface area contributed by atoms with Gasteiger partial charge in [-0.25, -0.2) is 17.8 Å². The number of fused-ring (bicyclic) bond motifs is 1. The van der Waals surface area contributed by atoms with Gasteiger partial charge in [0, 0.05) is 25.8 Å². The molecule has 2 aliphatic rings. The zero-order valence-electron chi connectivity index (χ0n) is 18.6. The number of nitrogens with zero attached hydrogens (tertiary/aromatic N) is 3. The van der Waals surface area contributed by atoms with Gasteiger partial charge in [-0.2, -0.15) is 0 Å². The van der Waals surface area contributed by atoms with Crippen molar-refractivity contribution < 1.29 is 17.6 Å². The van der Waals surface area contributed by atoms with Gasteiger partial charge in [0.2, 0.25) is 0 Å². The smallest absolute Gasteiger partial charge is 0.270 e. The number of hydrogen-bond acceptors (Lipinski definition) is 5. The molecule has 2 aromatic heterocycles. The maximum atomic E-state index is 14.7. The third-order valence-electron chi connectivity index (χ3n) is 6.77. The van der Waals surface area contributed by atoms with Crippen LogP contribution in [0, 0.1) is 12.7 Å². The molecule has 9 heteroatoms. The molecule has 1 aromatic carbocycles. The number of amides is 1. The number of anilines is 1. The summed E-state index contributed by atoms with van der Waals surface area (Å²) in [5.41, 5.74) is 4.19. The Morgan fingerprint density at radius 2 is 1.94 bits per heavy atom. The van der Waals surface area contributed by atoms with Crippen LogP contribution in [0.3, 0.4) is 0 Å². The van der Waals surface area contributed by atoms with Crippen LogP contribution in [-0.2, 0) is 16.4 Å². The summed E-state index contributed by atoms with van der Waals surface area (Å²) in [6, 6.07) is 8.93. The molecule has 1 N–H and O–H groups in total. The van der Waals surface area contributed by atoms with E-state index < -0.39 is 15.7 Å². The van der Waals surface area contributed by atoms with E-state index in [2.05, 4.69) is 22.4 Å². The lowest BCUT2D eigenvalue weighted by atomic mass is 9.80. The predicted octanol–water partition coefficient (Wildman–Crippen LogP) is 3.21. The molecular formula is C24H27FN4O3S. The van der Waals surface area contributed by atoms with E-state index in [4.69, 9.17) is 0 Å². The molecule has 3 heterocycles. The highest BCUT2D eigenvalue weighted by Crippen LogP contribution is 2.36. The van der Waals surface area contributed by atoms with Gasteiger partial charge < -0.3 is 10.2 Å². The molecule has 0 spiro atoms. The fraction of sp³-hybridized carbons (Fsp3) is 0.417. The molecule has 0 atom stereocenters. The first-order valence-electron chi connectivity index (χ1n) is 11.3. The molecule has 1 amide bonds. The maximum Gasteiger partial charge on any atom is 0.270 e. The third kappa shape index (κ3) is 4.34. The Kier molecular flexibility index (Phi) is 5.60. The summed E-state index contributed by atoms with van der Waals surface area (Å²) in [5.74, 6) is -0.0232. The Balaban J connectivity index is 1.27. The van der Waals surface area contributed by atoms with Crippen molar-refractivity contribution in [2.45, 2.75) is 38.6 Å². The van der Waals surface area contributed by atoms with Gasteiger partial charge in [0.05, 0.1) is 22.9 Å². The Bertz CT molecular complexity index is 1320. The average Bonchev–Trinajstić information content (AvgIpc) is 3.06. The van der Waals surface area contributed by atoms with Gasteiger partial charge in [0.1, 0.15) is 17.2 Å². The molecule has 1 aliphatic heterocycles. The highest BCUT2D eigenvalue weighted by Gasteiger charge is 2.24. The van der Waals surface area contributed by atoms with Crippen LogP contribution in [0.25, 0.3) is 5.65 Å². The van der Waals surface area contributed by atoms with Crippen LogP contribution in [0.5, 0.6) is 0 Å². The van der Waals surface area contributed by atoms with Crippen molar-refractivity contribution in [3.63, 3.8) is 0 Å². The summed E-state index contributed by atoms with van der Waals surface area (Å²) < 4.78 is 39.8. The highest BCUT2D eigenvalue weighted by molar-refractivity contribution is 7.91. The van der Waals surface area contributed by atoms with E-state index >= 15 is 0 Å². The Morgan fingerprint density at radius 3 is 2.61 bits per heavy atom. The first-order valence-corrected chi connectivity index (χ1v) is 13.1. The topological polar surface area (TPSA) is 83.8 Å². The summed E-state index contributed by atoms with van der Waals surface area (Å²) in [6.45, 7) is 2.56. The van der Waals surface area contributed by atoms with Crippen molar-refractivity contribution in [1.82, 2.24) is 14.7 Å². The van der Waals surface area contributed by atoms with Crippen LogP contribution >= 0.6 is 0 Å². The summed E-state index contributed by atoms with van der Waals surface area (Å²) in [4.78, 5) is 19.2. The molecule has 0 unspecified atom stereocenters. The quantitative estimate of drug-likeness (QED) is 0.619. The average molecular weight is 471 g/mol. The number of imidazole rings is 1. The lowest BCUT2D eigenvalue weighted by Crippen LogP contribution is -2.40. The summed E-state index contributed by atoms with van der Waals surface area (Å²) >= 11 is 0. The van der Waals surface area contributed by atoms with Crippen LogP contribution in [-0.4, -0.2) is 48.3 Å². The molecule has 1 aliphatic carbocycles. The second kappa shape index (κ2) is 8.44. The van der Waals surface area contributed by atoms with Crippen molar-refractivity contribution in [2.24, 2.45) is 0 Å². The van der Waals surface area contributed by atoms with Gasteiger partial charge in [0.15, 0.2) is 9.84 Å². The van der Waals surface area contributed by atoms with Crippen LogP contribution in [0.15, 0.2) is 36.5 Å². The lowest BCUT2D eigenvalue weighted by Gasteiger charge is -2.29. The molecule has 1 saturated heterocycles. The van der Waals surface area contributed by atoms with E-state index in [9.17, 15) is 17.6 Å². The third-order valence-corrected chi connectivity index (χ3v) is 8.38. The number of pyridine rings is 1. The molecule has 0 bridgehead atoms. The number of aryl methyl sites for hydroxylation is 1. The molecule has 7 nitrogen and oxygen atoms in total. The Morgan fingerprint density at radius 1 is 1.18 bits per heavy atom. The molecule has 174 valence electrons. The number of sulfone groups is 1. The lowest BCUT2D eigenvalue weighted by molar-refractivity contribution is 0.0944. The summed E-state index contributed by atoms with van der Waals surface area (Å²) in [7, 11) is -3.03. The van der Waals surface area contributed by atoms with Gasteiger partial charge >= 0.3 is 0 Å². The van der Waals surface area contributed by atoms with Crippen LogP contribution in [0.2, 0.25) is 0 Å². The highest BCUT2D eigenvalue weighted by atomic mass is 32.2. The van der Waals surface area contributed by atoms with Crippen molar-refractivity contribution in [1.29, 1.82) is 0 Å². The molecule has 2 fully saturated rings. The van der Waals surface area contributed by atoms with E-state index in [0.29, 0.717) is 28.6 Å². The predicted molar refractivity (Wildman–Crippen MR) is 125 cm³/mol. The van der Waals surface area contributed by atoms with E-state index in [0.717, 1.165) is 5.65 Å². The van der Waals surface area contributed by atoms with E-state index in [1.54, 1.807) is 21.4 Å². The van der Waals surface area contributed by atoms with Gasteiger partial charge in [-0.15, -0.1) is 0 Å². The SMILES string of the molecule is Cc1nc2cc(C3CCC3)ccn2c1C(=O)NCc1ccc(N2CCS(=O)(=O)CC2)c(F)c1. The number of carbonyl (C=O) groups is 1. The molecule has 0 radical (unpaired) electrons. The normalized spacial score (nSPS) is 18.3. The minimum atomic E-state index is -3.03. The van der Waals surface area contributed by atoms with Gasteiger partial charge in [-0.05, 0) is 61.1 Å². The summed E-state index contributed by atoms with van der Waals surface area (Å²) in [6.07, 6.45) is 5.58. The van der Waals surface area contributed by atoms with Gasteiger partial charge in [-0.1, -0.05) is 12.5 Å². The standard InChI is InChI=1S/C24H27FN4O3S/c1-16-23(29-8-7-19(14-22(29)27-16)18-3-2-4-18)24(30)26-15-17-5-6-21(20(25)13-17)28-9-11-33(31,32)12-10-28/h5-8,13-14,18H,2-4,9-12,15H2,1H3,(H,26,30). The second-order valence-electron chi connectivity index (χ2n) is 8.97. The Hall–Kier alpha value is -2.94. The van der Waals surface area contributed by atoms with Crippen LogP contribution in [0.1, 0.15) is 52.5 Å². The molecule has 33 heavy (non-hydrogen) atoms. The first-order chi connectivity index (χ1) is 15.8.